The van der Waals surface area contributed by atoms with Gasteiger partial charge in [0.2, 0.25) is 6.41 Å². The minimum absolute atomic E-state index is 0.0457. The van der Waals surface area contributed by atoms with E-state index in [1.807, 2.05) is 6.07 Å². The van der Waals surface area contributed by atoms with Gasteiger partial charge in [-0.1, -0.05) is 24.3 Å². The first-order chi connectivity index (χ1) is 7.33. The first-order valence-corrected chi connectivity index (χ1v) is 4.41. The summed E-state index contributed by atoms with van der Waals surface area (Å²) in [6.45, 7) is 0. The monoisotopic (exact) mass is 200 g/mol. The summed E-state index contributed by atoms with van der Waals surface area (Å²) < 4.78 is 0. The average Bonchev–Trinajstić information content (AvgIpc) is 2.29. The lowest BCUT2D eigenvalue weighted by molar-refractivity contribution is -0.109. The van der Waals surface area contributed by atoms with Crippen LogP contribution in [0.3, 0.4) is 0 Å². The molecule has 0 atom stereocenters. The van der Waals surface area contributed by atoms with Crippen LogP contribution in [-0.2, 0) is 4.79 Å². The van der Waals surface area contributed by atoms with Crippen molar-refractivity contribution in [2.24, 2.45) is 5.10 Å². The molecule has 1 aromatic rings. The molecule has 1 aliphatic rings. The maximum Gasteiger partial charge on any atom is 0.227 e. The molecular formula is C11H8N2O2. The highest BCUT2D eigenvalue weighted by Gasteiger charge is 2.16. The summed E-state index contributed by atoms with van der Waals surface area (Å²) in [5.74, 6) is -0.0457. The molecule has 0 fully saturated rings. The van der Waals surface area contributed by atoms with Crippen molar-refractivity contribution in [1.82, 2.24) is 5.43 Å². The first-order valence-electron chi connectivity index (χ1n) is 4.41. The Bertz CT molecular complexity index is 475. The van der Waals surface area contributed by atoms with Crippen molar-refractivity contribution in [3.63, 3.8) is 0 Å². The van der Waals surface area contributed by atoms with Crippen molar-refractivity contribution < 1.29 is 9.59 Å². The number of fused-ring (bicyclic) bond motifs is 1. The lowest BCUT2D eigenvalue weighted by atomic mass is 9.94. The zero-order valence-electron chi connectivity index (χ0n) is 7.81. The molecule has 0 unspecified atom stereocenters. The van der Waals surface area contributed by atoms with E-state index in [1.54, 1.807) is 24.3 Å². The fraction of sp³-hybridized carbons (Fsp3) is 0. The number of ketones is 1. The molecule has 4 heteroatoms. The number of allylic oxidation sites excluding steroid dienone is 2. The van der Waals surface area contributed by atoms with Gasteiger partial charge in [-0.15, -0.1) is 0 Å². The molecule has 1 aliphatic carbocycles. The van der Waals surface area contributed by atoms with Crippen LogP contribution in [0, 0.1) is 0 Å². The fourth-order valence-electron chi connectivity index (χ4n) is 1.45. The molecule has 0 radical (unpaired) electrons. The van der Waals surface area contributed by atoms with Gasteiger partial charge in [-0.3, -0.25) is 9.59 Å². The SMILES string of the molecule is O=CNN=C1C=CC(=O)c2ccccc21. The number of hydrogen-bond acceptors (Lipinski definition) is 3. The normalized spacial score (nSPS) is 16.3. The summed E-state index contributed by atoms with van der Waals surface area (Å²) in [5, 5.41) is 3.84. The maximum atomic E-state index is 11.5. The van der Waals surface area contributed by atoms with E-state index in [0.717, 1.165) is 5.56 Å². The van der Waals surface area contributed by atoms with Crippen molar-refractivity contribution >= 4 is 17.9 Å². The van der Waals surface area contributed by atoms with Crippen LogP contribution in [0.15, 0.2) is 41.5 Å². The predicted molar refractivity (Wildman–Crippen MR) is 55.6 cm³/mol. The molecule has 1 N–H and O–H groups in total. The van der Waals surface area contributed by atoms with Gasteiger partial charge in [0.1, 0.15) is 0 Å². The minimum atomic E-state index is -0.0457. The minimum Gasteiger partial charge on any atom is -0.289 e. The Morgan fingerprint density at radius 3 is 2.60 bits per heavy atom. The number of carbonyl (C=O) groups excluding carboxylic acids is 2. The fourth-order valence-corrected chi connectivity index (χ4v) is 1.45. The van der Waals surface area contributed by atoms with Gasteiger partial charge in [-0.25, -0.2) is 5.43 Å². The number of benzene rings is 1. The second-order valence-electron chi connectivity index (χ2n) is 2.99. The quantitative estimate of drug-likeness (QED) is 0.569. The number of carbonyl (C=O) groups is 2. The summed E-state index contributed by atoms with van der Waals surface area (Å²) in [6, 6.07) is 7.14. The van der Waals surface area contributed by atoms with Crippen LogP contribution in [-0.4, -0.2) is 17.9 Å². The van der Waals surface area contributed by atoms with E-state index >= 15 is 0 Å². The van der Waals surface area contributed by atoms with E-state index in [2.05, 4.69) is 10.5 Å². The molecule has 2 rings (SSSR count). The molecule has 0 saturated heterocycles. The van der Waals surface area contributed by atoms with E-state index in [1.165, 1.54) is 6.08 Å². The van der Waals surface area contributed by atoms with E-state index < -0.39 is 0 Å². The molecule has 0 aromatic heterocycles. The van der Waals surface area contributed by atoms with Gasteiger partial charge in [0.05, 0.1) is 5.71 Å². The molecule has 1 aromatic carbocycles. The predicted octanol–water partition coefficient (Wildman–Crippen LogP) is 0.889. The van der Waals surface area contributed by atoms with Gasteiger partial charge < -0.3 is 0 Å². The van der Waals surface area contributed by atoms with Gasteiger partial charge in [0.15, 0.2) is 5.78 Å². The highest BCUT2D eigenvalue weighted by atomic mass is 16.1. The smallest absolute Gasteiger partial charge is 0.227 e. The van der Waals surface area contributed by atoms with Crippen LogP contribution in [0.5, 0.6) is 0 Å². The molecule has 0 spiro atoms. The summed E-state index contributed by atoms with van der Waals surface area (Å²) in [5.41, 5.74) is 4.14. The topological polar surface area (TPSA) is 58.5 Å². The molecular weight excluding hydrogens is 192 g/mol. The molecule has 0 bridgehead atoms. The van der Waals surface area contributed by atoms with Crippen molar-refractivity contribution in [2.45, 2.75) is 0 Å². The Labute approximate surface area is 86.3 Å². The van der Waals surface area contributed by atoms with Crippen LogP contribution in [0.2, 0.25) is 0 Å². The molecule has 4 nitrogen and oxygen atoms in total. The molecule has 0 heterocycles. The standard InChI is InChI=1S/C11H8N2O2/c14-7-12-13-10-5-6-11(15)9-4-2-1-3-8(9)10/h1-7H,(H,12,14). The summed E-state index contributed by atoms with van der Waals surface area (Å²) in [6.07, 6.45) is 3.51. The third-order valence-electron chi connectivity index (χ3n) is 2.10. The van der Waals surface area contributed by atoms with E-state index in [9.17, 15) is 9.59 Å². The third kappa shape index (κ3) is 1.69. The zero-order valence-corrected chi connectivity index (χ0v) is 7.81. The number of nitrogens with one attached hydrogen (secondary N) is 1. The van der Waals surface area contributed by atoms with Crippen LogP contribution < -0.4 is 5.43 Å². The number of nitrogens with zero attached hydrogens (tertiary/aromatic N) is 1. The Hall–Kier alpha value is -2.23. The second-order valence-corrected chi connectivity index (χ2v) is 2.99. The van der Waals surface area contributed by atoms with Crippen molar-refractivity contribution in [1.29, 1.82) is 0 Å². The van der Waals surface area contributed by atoms with E-state index in [0.29, 0.717) is 17.7 Å². The molecule has 1 amide bonds. The number of hydrazone groups is 1. The Balaban J connectivity index is 2.50. The van der Waals surface area contributed by atoms with E-state index in [4.69, 9.17) is 0 Å². The molecule has 15 heavy (non-hydrogen) atoms. The van der Waals surface area contributed by atoms with Gasteiger partial charge in [0.25, 0.3) is 0 Å². The molecule has 0 saturated carbocycles. The zero-order chi connectivity index (χ0) is 10.7. The number of hydrogen-bond donors (Lipinski definition) is 1. The van der Waals surface area contributed by atoms with Gasteiger partial charge >= 0.3 is 0 Å². The number of rotatable bonds is 2. The highest BCUT2D eigenvalue weighted by Crippen LogP contribution is 2.16. The van der Waals surface area contributed by atoms with Gasteiger partial charge in [-0.2, -0.15) is 5.10 Å². The Kier molecular flexibility index (Phi) is 2.41. The van der Waals surface area contributed by atoms with Crippen molar-refractivity contribution in [3.05, 3.63) is 47.5 Å². The van der Waals surface area contributed by atoms with Crippen LogP contribution in [0.25, 0.3) is 0 Å². The summed E-state index contributed by atoms with van der Waals surface area (Å²) in [4.78, 5) is 21.6. The van der Waals surface area contributed by atoms with E-state index in [-0.39, 0.29) is 5.78 Å². The van der Waals surface area contributed by atoms with Crippen LogP contribution in [0.4, 0.5) is 0 Å². The van der Waals surface area contributed by atoms with Gasteiger partial charge in [0, 0.05) is 11.1 Å². The first kappa shape index (κ1) is 9.33. The summed E-state index contributed by atoms with van der Waals surface area (Å²) in [7, 11) is 0. The highest BCUT2D eigenvalue weighted by molar-refractivity contribution is 6.23. The Morgan fingerprint density at radius 1 is 1.13 bits per heavy atom. The number of amides is 1. The summed E-state index contributed by atoms with van der Waals surface area (Å²) >= 11 is 0. The molecule has 0 aliphatic heterocycles. The lowest BCUT2D eigenvalue weighted by Gasteiger charge is -2.10. The third-order valence-corrected chi connectivity index (χ3v) is 2.10. The Morgan fingerprint density at radius 2 is 1.87 bits per heavy atom. The maximum absolute atomic E-state index is 11.5. The van der Waals surface area contributed by atoms with Crippen molar-refractivity contribution in [3.8, 4) is 0 Å². The van der Waals surface area contributed by atoms with Gasteiger partial charge in [-0.05, 0) is 12.2 Å². The second kappa shape index (κ2) is 3.88. The van der Waals surface area contributed by atoms with Crippen LogP contribution in [0.1, 0.15) is 15.9 Å². The lowest BCUT2D eigenvalue weighted by Crippen LogP contribution is -2.15. The van der Waals surface area contributed by atoms with Crippen molar-refractivity contribution in [2.75, 3.05) is 0 Å². The average molecular weight is 200 g/mol. The van der Waals surface area contributed by atoms with Crippen LogP contribution >= 0.6 is 0 Å². The largest absolute Gasteiger partial charge is 0.289 e. The molecule has 74 valence electrons.